The molecule has 152 valence electrons. The van der Waals surface area contributed by atoms with Crippen molar-refractivity contribution < 1.29 is 24.5 Å². The van der Waals surface area contributed by atoms with Crippen LogP contribution in [0.3, 0.4) is 0 Å². The van der Waals surface area contributed by atoms with Crippen LogP contribution >= 0.6 is 0 Å². The van der Waals surface area contributed by atoms with Crippen molar-refractivity contribution >= 4 is 12.1 Å². The Morgan fingerprint density at radius 3 is 2.50 bits per heavy atom. The summed E-state index contributed by atoms with van der Waals surface area (Å²) in [5, 5.41) is 21.5. The largest absolute Gasteiger partial charge is 0.507 e. The molecule has 0 bridgehead atoms. The minimum atomic E-state index is -0.508. The van der Waals surface area contributed by atoms with Gasteiger partial charge < -0.3 is 14.9 Å². The van der Waals surface area contributed by atoms with Gasteiger partial charge in [-0.25, -0.2) is 0 Å². The van der Waals surface area contributed by atoms with Crippen LogP contribution in [0, 0.1) is 17.8 Å². The molecule has 0 spiro atoms. The van der Waals surface area contributed by atoms with Crippen LogP contribution in [0.4, 0.5) is 0 Å². The first-order chi connectivity index (χ1) is 13.1. The molecule has 0 radical (unpaired) electrons. The number of ketones is 1. The Bertz CT molecular complexity index is 849. The summed E-state index contributed by atoms with van der Waals surface area (Å²) < 4.78 is 6.24. The number of carbonyl (C=O) groups excluding carboxylic acids is 2. The number of benzene rings is 1. The third-order valence-corrected chi connectivity index (χ3v) is 6.17. The fraction of sp³-hybridized carbons (Fsp3) is 0.565. The maximum atomic E-state index is 12.7. The number of carbonyl (C=O) groups is 2. The Balaban J connectivity index is 2.11. The van der Waals surface area contributed by atoms with Crippen molar-refractivity contribution in [3.8, 4) is 17.2 Å². The number of aldehydes is 1. The Kier molecular flexibility index (Phi) is 5.30. The number of fused-ring (bicyclic) bond motifs is 2. The molecule has 1 aromatic rings. The smallest absolute Gasteiger partial charge is 0.170 e. The lowest BCUT2D eigenvalue weighted by atomic mass is 9.70. The lowest BCUT2D eigenvalue weighted by molar-refractivity contribution is 0.00358. The third-order valence-electron chi connectivity index (χ3n) is 6.17. The van der Waals surface area contributed by atoms with Crippen molar-refractivity contribution in [3.63, 3.8) is 0 Å². The number of phenols is 2. The Hall–Kier alpha value is -2.30. The lowest BCUT2D eigenvalue weighted by Crippen LogP contribution is -2.47. The molecule has 2 unspecified atom stereocenters. The van der Waals surface area contributed by atoms with E-state index in [1.807, 2.05) is 20.8 Å². The van der Waals surface area contributed by atoms with Gasteiger partial charge in [0, 0.05) is 24.3 Å². The average molecular weight is 386 g/mol. The van der Waals surface area contributed by atoms with Crippen molar-refractivity contribution in [2.75, 3.05) is 0 Å². The van der Waals surface area contributed by atoms with Crippen LogP contribution in [0.5, 0.6) is 17.2 Å². The number of hydrogen-bond acceptors (Lipinski definition) is 5. The SMILES string of the molecule is CC(C)CC(=O)c1c(O)c(C=O)c2c(c1O)CC1CC(C(C)C)=CCC1(C)O2. The zero-order valence-electron chi connectivity index (χ0n) is 17.3. The van der Waals surface area contributed by atoms with Crippen molar-refractivity contribution in [1.82, 2.24) is 0 Å². The number of allylic oxidation sites excluding steroid dienone is 1. The summed E-state index contributed by atoms with van der Waals surface area (Å²) in [6.07, 6.45) is 4.96. The van der Waals surface area contributed by atoms with Crippen LogP contribution < -0.4 is 4.74 Å². The summed E-state index contributed by atoms with van der Waals surface area (Å²) in [5.41, 5.74) is 1.11. The molecule has 0 saturated heterocycles. The van der Waals surface area contributed by atoms with Crippen LogP contribution in [0.2, 0.25) is 0 Å². The summed E-state index contributed by atoms with van der Waals surface area (Å²) in [4.78, 5) is 24.4. The van der Waals surface area contributed by atoms with E-state index >= 15 is 0 Å². The number of Topliss-reactive ketones (excluding diaryl/α,β-unsaturated/α-hetero) is 1. The first kappa shape index (κ1) is 20.4. The number of ether oxygens (including phenoxy) is 1. The molecular formula is C23H30O5. The van der Waals surface area contributed by atoms with E-state index in [2.05, 4.69) is 19.9 Å². The molecule has 28 heavy (non-hydrogen) atoms. The number of rotatable bonds is 5. The van der Waals surface area contributed by atoms with Gasteiger partial charge in [-0.2, -0.15) is 0 Å². The highest BCUT2D eigenvalue weighted by Crippen LogP contribution is 2.52. The quantitative estimate of drug-likeness (QED) is 0.430. The first-order valence-corrected chi connectivity index (χ1v) is 10.1. The lowest BCUT2D eigenvalue weighted by Gasteiger charge is -2.46. The predicted molar refractivity (Wildman–Crippen MR) is 107 cm³/mol. The normalized spacial score (nSPS) is 23.7. The van der Waals surface area contributed by atoms with Gasteiger partial charge in [-0.3, -0.25) is 9.59 Å². The molecular weight excluding hydrogens is 356 g/mol. The molecule has 1 aliphatic carbocycles. The monoisotopic (exact) mass is 386 g/mol. The van der Waals surface area contributed by atoms with E-state index in [-0.39, 0.29) is 46.7 Å². The van der Waals surface area contributed by atoms with Gasteiger partial charge in [0.1, 0.15) is 28.4 Å². The van der Waals surface area contributed by atoms with Gasteiger partial charge in [0.2, 0.25) is 0 Å². The van der Waals surface area contributed by atoms with Gasteiger partial charge in [0.15, 0.2) is 12.1 Å². The van der Waals surface area contributed by atoms with Gasteiger partial charge in [0.25, 0.3) is 0 Å². The van der Waals surface area contributed by atoms with Crippen LogP contribution in [-0.2, 0) is 6.42 Å². The van der Waals surface area contributed by atoms with Gasteiger partial charge in [-0.05, 0) is 31.6 Å². The van der Waals surface area contributed by atoms with Crippen LogP contribution in [0.1, 0.15) is 80.2 Å². The zero-order valence-corrected chi connectivity index (χ0v) is 17.3. The van der Waals surface area contributed by atoms with E-state index in [0.717, 1.165) is 6.42 Å². The maximum Gasteiger partial charge on any atom is 0.170 e. The number of phenolic OH excluding ortho intramolecular Hbond substituents is 2. The van der Waals surface area contributed by atoms with E-state index < -0.39 is 11.4 Å². The van der Waals surface area contributed by atoms with E-state index in [1.165, 1.54) is 5.57 Å². The molecule has 5 heteroatoms. The third kappa shape index (κ3) is 3.31. The Morgan fingerprint density at radius 1 is 1.25 bits per heavy atom. The number of aromatic hydroxyl groups is 2. The fourth-order valence-electron chi connectivity index (χ4n) is 4.38. The second-order valence-corrected chi connectivity index (χ2v) is 9.09. The van der Waals surface area contributed by atoms with E-state index in [4.69, 9.17) is 4.74 Å². The number of hydrogen-bond donors (Lipinski definition) is 2. The van der Waals surface area contributed by atoms with Crippen LogP contribution in [-0.4, -0.2) is 27.9 Å². The van der Waals surface area contributed by atoms with E-state index in [9.17, 15) is 19.8 Å². The highest BCUT2D eigenvalue weighted by Gasteiger charge is 2.45. The molecule has 1 aliphatic heterocycles. The molecule has 0 aromatic heterocycles. The molecule has 0 saturated carbocycles. The maximum absolute atomic E-state index is 12.7. The standard InChI is InChI=1S/C23H30O5/c1-12(2)8-18(25)19-20(26)16-10-15-9-14(13(3)4)6-7-23(15,5)28-22(16)17(11-24)21(19)27/h6,11-13,15,26-27H,7-10H2,1-5H3. The minimum Gasteiger partial charge on any atom is -0.507 e. The van der Waals surface area contributed by atoms with Crippen molar-refractivity contribution in [2.24, 2.45) is 17.8 Å². The molecule has 2 atom stereocenters. The second-order valence-electron chi connectivity index (χ2n) is 9.09. The van der Waals surface area contributed by atoms with Crippen LogP contribution in [0.25, 0.3) is 0 Å². The molecule has 0 amide bonds. The van der Waals surface area contributed by atoms with Gasteiger partial charge in [-0.15, -0.1) is 0 Å². The van der Waals surface area contributed by atoms with E-state index in [1.54, 1.807) is 0 Å². The molecule has 1 aromatic carbocycles. The predicted octanol–water partition coefficient (Wildman–Crippen LogP) is 4.83. The van der Waals surface area contributed by atoms with Crippen molar-refractivity contribution in [3.05, 3.63) is 28.3 Å². The highest BCUT2D eigenvalue weighted by molar-refractivity contribution is 6.05. The molecule has 2 N–H and O–H groups in total. The second kappa shape index (κ2) is 7.26. The Morgan fingerprint density at radius 2 is 1.93 bits per heavy atom. The van der Waals surface area contributed by atoms with Gasteiger partial charge in [0.05, 0.1) is 5.56 Å². The topological polar surface area (TPSA) is 83.8 Å². The average Bonchev–Trinajstić information content (AvgIpc) is 2.59. The molecule has 3 rings (SSSR count). The summed E-state index contributed by atoms with van der Waals surface area (Å²) in [5.74, 6) is -0.237. The minimum absolute atomic E-state index is 0.0433. The zero-order chi connectivity index (χ0) is 20.8. The van der Waals surface area contributed by atoms with E-state index in [0.29, 0.717) is 30.6 Å². The fourth-order valence-corrected chi connectivity index (χ4v) is 4.38. The van der Waals surface area contributed by atoms with Crippen molar-refractivity contribution in [1.29, 1.82) is 0 Å². The van der Waals surface area contributed by atoms with Gasteiger partial charge in [-0.1, -0.05) is 39.3 Å². The molecule has 0 fully saturated rings. The summed E-state index contributed by atoms with van der Waals surface area (Å²) in [6.45, 7) is 10.1. The summed E-state index contributed by atoms with van der Waals surface area (Å²) in [6, 6.07) is 0. The van der Waals surface area contributed by atoms with Gasteiger partial charge >= 0.3 is 0 Å². The summed E-state index contributed by atoms with van der Waals surface area (Å²) >= 11 is 0. The van der Waals surface area contributed by atoms with Crippen LogP contribution in [0.15, 0.2) is 11.6 Å². The van der Waals surface area contributed by atoms with Crippen molar-refractivity contribution in [2.45, 2.75) is 65.9 Å². The first-order valence-electron chi connectivity index (χ1n) is 10.1. The molecule has 5 nitrogen and oxygen atoms in total. The highest BCUT2D eigenvalue weighted by atomic mass is 16.5. The Labute approximate surface area is 166 Å². The molecule has 2 aliphatic rings. The molecule has 1 heterocycles. The summed E-state index contributed by atoms with van der Waals surface area (Å²) in [7, 11) is 0.